The number of imidazole rings is 1. The summed E-state index contributed by atoms with van der Waals surface area (Å²) < 4.78 is 12.6. The minimum atomic E-state index is -0.485. The number of aromatic nitrogens is 2. The number of amides is 1. The van der Waals surface area contributed by atoms with Crippen LogP contribution >= 0.6 is 0 Å². The first-order valence-corrected chi connectivity index (χ1v) is 9.19. The van der Waals surface area contributed by atoms with E-state index in [0.29, 0.717) is 18.9 Å². The van der Waals surface area contributed by atoms with Gasteiger partial charge in [0, 0.05) is 24.9 Å². The van der Waals surface area contributed by atoms with Gasteiger partial charge >= 0.3 is 12.1 Å². The molecule has 0 spiro atoms. The number of nitrogens with one attached hydrogen (secondary N) is 1. The van der Waals surface area contributed by atoms with Gasteiger partial charge < -0.3 is 19.4 Å². The second kappa shape index (κ2) is 8.10. The van der Waals surface area contributed by atoms with Gasteiger partial charge in [0.1, 0.15) is 12.2 Å². The van der Waals surface area contributed by atoms with Crippen molar-refractivity contribution < 1.29 is 19.1 Å². The van der Waals surface area contributed by atoms with Crippen molar-refractivity contribution in [3.63, 3.8) is 0 Å². The molecule has 1 amide bonds. The first-order valence-electron chi connectivity index (χ1n) is 9.19. The third kappa shape index (κ3) is 6.35. The lowest BCUT2D eigenvalue weighted by atomic mass is 9.77. The van der Waals surface area contributed by atoms with Crippen molar-refractivity contribution in [1.82, 2.24) is 14.9 Å². The van der Waals surface area contributed by atoms with Crippen LogP contribution < -0.4 is 5.32 Å². The predicted octanol–water partition coefficient (Wildman–Crippen LogP) is 3.24. The Labute approximate surface area is 155 Å². The molecule has 0 atom stereocenters. The lowest BCUT2D eigenvalue weighted by Gasteiger charge is -2.36. The van der Waals surface area contributed by atoms with Gasteiger partial charge in [-0.05, 0) is 59.8 Å². The standard InChI is InChI=1S/C19H31N3O4/c1-18(2,3)26-17(24)21-15-10-14(11-15)6-7-16(23)25-12-19(4,5)22-9-8-20-13-22/h8-9,13-15H,6-7,10-12H2,1-5H3,(H,21,24). The highest BCUT2D eigenvalue weighted by molar-refractivity contribution is 5.69. The van der Waals surface area contributed by atoms with Gasteiger partial charge in [0.2, 0.25) is 0 Å². The van der Waals surface area contributed by atoms with Crippen LogP contribution in [0.2, 0.25) is 0 Å². The van der Waals surface area contributed by atoms with Crippen molar-refractivity contribution in [1.29, 1.82) is 0 Å². The minimum absolute atomic E-state index is 0.144. The molecule has 0 aliphatic heterocycles. The molecule has 1 N–H and O–H groups in total. The molecule has 146 valence electrons. The number of esters is 1. The Morgan fingerprint density at radius 2 is 1.92 bits per heavy atom. The molecule has 0 saturated heterocycles. The largest absolute Gasteiger partial charge is 0.463 e. The zero-order valence-electron chi connectivity index (χ0n) is 16.4. The first kappa shape index (κ1) is 20.3. The topological polar surface area (TPSA) is 82.5 Å². The number of alkyl carbamates (subject to hydrolysis) is 1. The molecule has 1 aliphatic carbocycles. The molecule has 26 heavy (non-hydrogen) atoms. The number of nitrogens with zero attached hydrogens (tertiary/aromatic N) is 2. The molecule has 1 aromatic rings. The Morgan fingerprint density at radius 3 is 2.50 bits per heavy atom. The average molecular weight is 365 g/mol. The van der Waals surface area contributed by atoms with E-state index < -0.39 is 5.60 Å². The smallest absolute Gasteiger partial charge is 0.407 e. The predicted molar refractivity (Wildman–Crippen MR) is 97.6 cm³/mol. The molecule has 7 heteroatoms. The van der Waals surface area contributed by atoms with Gasteiger partial charge in [-0.25, -0.2) is 9.78 Å². The van der Waals surface area contributed by atoms with Crippen molar-refractivity contribution in [2.24, 2.45) is 5.92 Å². The summed E-state index contributed by atoms with van der Waals surface area (Å²) in [5.74, 6) is 0.269. The Bertz CT molecular complexity index is 599. The van der Waals surface area contributed by atoms with E-state index in [1.807, 2.05) is 45.4 Å². The molecule has 1 heterocycles. The summed E-state index contributed by atoms with van der Waals surface area (Å²) in [5.41, 5.74) is -0.799. The molecule has 1 aromatic heterocycles. The Hall–Kier alpha value is -2.05. The van der Waals surface area contributed by atoms with Crippen molar-refractivity contribution in [2.45, 2.75) is 77.5 Å². The molecule has 1 fully saturated rings. The van der Waals surface area contributed by atoms with E-state index in [1.165, 1.54) is 0 Å². The average Bonchev–Trinajstić information content (AvgIpc) is 3.00. The number of carbonyl (C=O) groups is 2. The molecule has 7 nitrogen and oxygen atoms in total. The lowest BCUT2D eigenvalue weighted by molar-refractivity contribution is -0.146. The second-order valence-electron chi connectivity index (χ2n) is 8.66. The van der Waals surface area contributed by atoms with E-state index >= 15 is 0 Å². The van der Waals surface area contributed by atoms with Gasteiger partial charge in [0.05, 0.1) is 11.9 Å². The molecule has 1 aliphatic rings. The molecule has 2 rings (SSSR count). The van der Waals surface area contributed by atoms with Gasteiger partial charge in [0.25, 0.3) is 0 Å². The summed E-state index contributed by atoms with van der Waals surface area (Å²) in [6.07, 6.45) is 7.88. The maximum atomic E-state index is 12.0. The molecule has 0 radical (unpaired) electrons. The van der Waals surface area contributed by atoms with E-state index in [4.69, 9.17) is 9.47 Å². The van der Waals surface area contributed by atoms with Crippen molar-refractivity contribution in [3.8, 4) is 0 Å². The minimum Gasteiger partial charge on any atom is -0.463 e. The maximum absolute atomic E-state index is 12.0. The van der Waals surface area contributed by atoms with Crippen LogP contribution in [0.5, 0.6) is 0 Å². The van der Waals surface area contributed by atoms with Crippen molar-refractivity contribution >= 4 is 12.1 Å². The van der Waals surface area contributed by atoms with Crippen LogP contribution in [0.3, 0.4) is 0 Å². The molecule has 0 aromatic carbocycles. The Morgan fingerprint density at radius 1 is 1.23 bits per heavy atom. The summed E-state index contributed by atoms with van der Waals surface area (Å²) in [6.45, 7) is 9.85. The molecular formula is C19H31N3O4. The van der Waals surface area contributed by atoms with Gasteiger partial charge in [-0.1, -0.05) is 0 Å². The van der Waals surface area contributed by atoms with Crippen LogP contribution in [0, 0.1) is 5.92 Å². The highest BCUT2D eigenvalue weighted by Crippen LogP contribution is 2.31. The zero-order valence-corrected chi connectivity index (χ0v) is 16.4. The third-order valence-electron chi connectivity index (χ3n) is 4.50. The number of ether oxygens (including phenoxy) is 2. The van der Waals surface area contributed by atoms with E-state index in [0.717, 1.165) is 19.3 Å². The maximum Gasteiger partial charge on any atom is 0.407 e. The Balaban J connectivity index is 1.59. The molecule has 1 saturated carbocycles. The van der Waals surface area contributed by atoms with Crippen LogP contribution in [-0.2, 0) is 19.8 Å². The summed E-state index contributed by atoms with van der Waals surface area (Å²) in [5, 5.41) is 2.87. The first-order chi connectivity index (χ1) is 12.0. The van der Waals surface area contributed by atoms with Crippen molar-refractivity contribution in [3.05, 3.63) is 18.7 Å². The summed E-state index contributed by atoms with van der Waals surface area (Å²) in [7, 11) is 0. The van der Waals surface area contributed by atoms with Gasteiger partial charge in [-0.3, -0.25) is 4.79 Å². The molecular weight excluding hydrogens is 334 g/mol. The van der Waals surface area contributed by atoms with E-state index in [1.54, 1.807) is 12.5 Å². The highest BCUT2D eigenvalue weighted by Gasteiger charge is 2.32. The summed E-state index contributed by atoms with van der Waals surface area (Å²) in [4.78, 5) is 27.7. The monoisotopic (exact) mass is 365 g/mol. The van der Waals surface area contributed by atoms with Crippen molar-refractivity contribution in [2.75, 3.05) is 6.61 Å². The van der Waals surface area contributed by atoms with E-state index in [9.17, 15) is 9.59 Å². The van der Waals surface area contributed by atoms with Crippen LogP contribution in [0.1, 0.15) is 60.3 Å². The normalized spacial score (nSPS) is 20.2. The number of rotatable bonds is 7. The van der Waals surface area contributed by atoms with Gasteiger partial charge in [0.15, 0.2) is 0 Å². The van der Waals surface area contributed by atoms with Crippen LogP contribution in [0.4, 0.5) is 4.79 Å². The number of carbonyl (C=O) groups excluding carboxylic acids is 2. The number of hydrogen-bond donors (Lipinski definition) is 1. The van der Waals surface area contributed by atoms with Crippen LogP contribution in [0.15, 0.2) is 18.7 Å². The Kier molecular flexibility index (Phi) is 6.31. The van der Waals surface area contributed by atoms with Crippen LogP contribution in [-0.4, -0.2) is 39.9 Å². The summed E-state index contributed by atoms with van der Waals surface area (Å²) in [6, 6.07) is 0.144. The van der Waals surface area contributed by atoms with Gasteiger partial charge in [-0.15, -0.1) is 0 Å². The molecule has 0 unspecified atom stereocenters. The lowest BCUT2D eigenvalue weighted by Crippen LogP contribution is -2.46. The van der Waals surface area contributed by atoms with E-state index in [-0.39, 0.29) is 23.6 Å². The van der Waals surface area contributed by atoms with Crippen LogP contribution in [0.25, 0.3) is 0 Å². The number of hydrogen-bond acceptors (Lipinski definition) is 5. The van der Waals surface area contributed by atoms with E-state index in [2.05, 4.69) is 10.3 Å². The molecule has 0 bridgehead atoms. The third-order valence-corrected chi connectivity index (χ3v) is 4.50. The summed E-state index contributed by atoms with van der Waals surface area (Å²) >= 11 is 0. The van der Waals surface area contributed by atoms with Gasteiger partial charge in [-0.2, -0.15) is 0 Å². The SMILES string of the molecule is CC(C)(C)OC(=O)NC1CC(CCC(=O)OCC(C)(C)n2ccnc2)C1. The highest BCUT2D eigenvalue weighted by atomic mass is 16.6. The fourth-order valence-corrected chi connectivity index (χ4v) is 2.91. The second-order valence-corrected chi connectivity index (χ2v) is 8.66. The quantitative estimate of drug-likeness (QED) is 0.750. The fourth-order valence-electron chi connectivity index (χ4n) is 2.91. The zero-order chi connectivity index (χ0) is 19.4. The fraction of sp³-hybridized carbons (Fsp3) is 0.737.